The second-order valence-corrected chi connectivity index (χ2v) is 6.76. The molecule has 116 valence electrons. The number of aliphatic hydroxyl groups is 1. The standard InChI is InChI=1S/C16H27BN2O2/c1-15(2,20)16(3,4)21-17-13-6-5-7-14(12-13)19-10-8-18-9-11-19/h5-7,12,17-18,20H,8-11H2,1-4H3. The largest absolute Gasteiger partial charge is 0.427 e. The zero-order valence-corrected chi connectivity index (χ0v) is 13.6. The Bertz CT molecular complexity index is 466. The van der Waals surface area contributed by atoms with Crippen LogP contribution >= 0.6 is 0 Å². The Morgan fingerprint density at radius 2 is 1.86 bits per heavy atom. The van der Waals surface area contributed by atoms with Crippen LogP contribution in [0.2, 0.25) is 0 Å². The monoisotopic (exact) mass is 290 g/mol. The van der Waals surface area contributed by atoms with Crippen molar-refractivity contribution in [2.45, 2.75) is 38.9 Å². The SMILES string of the molecule is CC(C)(O)C(C)(C)OBc1cccc(N2CCNCC2)c1. The Morgan fingerprint density at radius 3 is 2.48 bits per heavy atom. The van der Waals surface area contributed by atoms with Gasteiger partial charge in [-0.1, -0.05) is 17.6 Å². The number of hydrogen-bond donors (Lipinski definition) is 2. The van der Waals surface area contributed by atoms with E-state index < -0.39 is 11.2 Å². The van der Waals surface area contributed by atoms with Crippen LogP contribution in [0.5, 0.6) is 0 Å². The van der Waals surface area contributed by atoms with Gasteiger partial charge in [0.15, 0.2) is 0 Å². The number of nitrogens with zero attached hydrogens (tertiary/aromatic N) is 1. The van der Waals surface area contributed by atoms with E-state index in [2.05, 4.69) is 34.5 Å². The number of benzene rings is 1. The molecule has 0 bridgehead atoms. The van der Waals surface area contributed by atoms with Gasteiger partial charge >= 0.3 is 7.48 Å². The highest BCUT2D eigenvalue weighted by Gasteiger charge is 2.35. The zero-order chi connectivity index (χ0) is 15.5. The fraction of sp³-hybridized carbons (Fsp3) is 0.625. The molecule has 0 aromatic heterocycles. The smallest absolute Gasteiger partial charge is 0.309 e. The summed E-state index contributed by atoms with van der Waals surface area (Å²) >= 11 is 0. The van der Waals surface area contributed by atoms with Gasteiger partial charge in [-0.2, -0.15) is 0 Å². The molecule has 21 heavy (non-hydrogen) atoms. The summed E-state index contributed by atoms with van der Waals surface area (Å²) in [7, 11) is 0.511. The number of piperazine rings is 1. The minimum atomic E-state index is -0.872. The number of rotatable bonds is 5. The van der Waals surface area contributed by atoms with E-state index in [1.807, 2.05) is 13.8 Å². The summed E-state index contributed by atoms with van der Waals surface area (Å²) in [6.07, 6.45) is 0. The molecule has 1 fully saturated rings. The Kier molecular flexibility index (Phi) is 4.97. The van der Waals surface area contributed by atoms with Gasteiger partial charge in [0.1, 0.15) is 0 Å². The lowest BCUT2D eigenvalue weighted by atomic mass is 9.82. The maximum Gasteiger partial charge on any atom is 0.309 e. The van der Waals surface area contributed by atoms with Crippen LogP contribution in [-0.2, 0) is 4.65 Å². The van der Waals surface area contributed by atoms with E-state index in [0.717, 1.165) is 31.6 Å². The van der Waals surface area contributed by atoms with Gasteiger partial charge in [-0.3, -0.25) is 0 Å². The second kappa shape index (κ2) is 6.38. The topological polar surface area (TPSA) is 44.7 Å². The van der Waals surface area contributed by atoms with Gasteiger partial charge < -0.3 is 20.0 Å². The molecule has 0 atom stereocenters. The summed E-state index contributed by atoms with van der Waals surface area (Å²) in [4.78, 5) is 2.39. The summed E-state index contributed by atoms with van der Waals surface area (Å²) in [5.41, 5.74) is 0.934. The maximum absolute atomic E-state index is 10.1. The quantitative estimate of drug-likeness (QED) is 0.781. The molecule has 1 aliphatic rings. The molecule has 1 aromatic rings. The van der Waals surface area contributed by atoms with Crippen molar-refractivity contribution in [2.24, 2.45) is 0 Å². The van der Waals surface area contributed by atoms with E-state index >= 15 is 0 Å². The van der Waals surface area contributed by atoms with Gasteiger partial charge in [0, 0.05) is 31.9 Å². The van der Waals surface area contributed by atoms with Crippen LogP contribution in [0.15, 0.2) is 24.3 Å². The van der Waals surface area contributed by atoms with E-state index in [4.69, 9.17) is 4.65 Å². The number of nitrogens with one attached hydrogen (secondary N) is 1. The van der Waals surface area contributed by atoms with Crippen LogP contribution in [0.3, 0.4) is 0 Å². The molecule has 1 aromatic carbocycles. The molecule has 0 unspecified atom stereocenters. The predicted octanol–water partition coefficient (Wildman–Crippen LogP) is 0.639. The highest BCUT2D eigenvalue weighted by Crippen LogP contribution is 2.24. The Balaban J connectivity index is 2.01. The fourth-order valence-electron chi connectivity index (χ4n) is 2.21. The Hall–Kier alpha value is -1.04. The van der Waals surface area contributed by atoms with Crippen molar-refractivity contribution >= 4 is 18.6 Å². The highest BCUT2D eigenvalue weighted by molar-refractivity contribution is 6.47. The average molecular weight is 290 g/mol. The van der Waals surface area contributed by atoms with Crippen LogP contribution in [-0.4, -0.2) is 50.0 Å². The van der Waals surface area contributed by atoms with E-state index in [1.165, 1.54) is 5.69 Å². The molecule has 1 heterocycles. The molecule has 0 aliphatic carbocycles. The van der Waals surface area contributed by atoms with E-state index in [0.29, 0.717) is 7.48 Å². The molecule has 2 N–H and O–H groups in total. The molecule has 5 heteroatoms. The molecule has 4 nitrogen and oxygen atoms in total. The van der Waals surface area contributed by atoms with Gasteiger partial charge in [-0.15, -0.1) is 0 Å². The molecule has 0 spiro atoms. The first-order chi connectivity index (χ1) is 9.79. The molecule has 0 radical (unpaired) electrons. The first kappa shape index (κ1) is 16.3. The Morgan fingerprint density at radius 1 is 1.19 bits per heavy atom. The van der Waals surface area contributed by atoms with Crippen molar-refractivity contribution in [3.05, 3.63) is 24.3 Å². The molecular formula is C16H27BN2O2. The van der Waals surface area contributed by atoms with Crippen molar-refractivity contribution < 1.29 is 9.76 Å². The normalized spacial score (nSPS) is 16.9. The fourth-order valence-corrected chi connectivity index (χ4v) is 2.21. The van der Waals surface area contributed by atoms with Gasteiger partial charge in [0.05, 0.1) is 11.2 Å². The zero-order valence-electron chi connectivity index (χ0n) is 13.6. The van der Waals surface area contributed by atoms with Gasteiger partial charge in [0.25, 0.3) is 0 Å². The van der Waals surface area contributed by atoms with Crippen molar-refractivity contribution in [2.75, 3.05) is 31.1 Å². The van der Waals surface area contributed by atoms with Crippen molar-refractivity contribution in [3.63, 3.8) is 0 Å². The first-order valence-electron chi connectivity index (χ1n) is 7.70. The highest BCUT2D eigenvalue weighted by atomic mass is 16.5. The Labute approximate surface area is 128 Å². The molecule has 1 aliphatic heterocycles. The lowest BCUT2D eigenvalue weighted by Crippen LogP contribution is -2.49. The van der Waals surface area contributed by atoms with Gasteiger partial charge in [-0.05, 0) is 39.8 Å². The van der Waals surface area contributed by atoms with E-state index in [-0.39, 0.29) is 0 Å². The summed E-state index contributed by atoms with van der Waals surface area (Å²) in [6, 6.07) is 8.49. The third-order valence-corrected chi connectivity index (χ3v) is 4.47. The lowest BCUT2D eigenvalue weighted by molar-refractivity contribution is -0.0893. The minimum Gasteiger partial charge on any atom is -0.427 e. The third-order valence-electron chi connectivity index (χ3n) is 4.47. The number of hydrogen-bond acceptors (Lipinski definition) is 4. The maximum atomic E-state index is 10.1. The molecular weight excluding hydrogens is 263 g/mol. The van der Waals surface area contributed by atoms with Crippen molar-refractivity contribution in [1.29, 1.82) is 0 Å². The second-order valence-electron chi connectivity index (χ2n) is 6.76. The first-order valence-corrected chi connectivity index (χ1v) is 7.70. The van der Waals surface area contributed by atoms with E-state index in [1.54, 1.807) is 13.8 Å². The number of anilines is 1. The van der Waals surface area contributed by atoms with Crippen molar-refractivity contribution in [1.82, 2.24) is 5.32 Å². The molecule has 2 rings (SSSR count). The average Bonchev–Trinajstić information content (AvgIpc) is 2.45. The lowest BCUT2D eigenvalue weighted by Gasteiger charge is -2.37. The van der Waals surface area contributed by atoms with Crippen LogP contribution in [0.25, 0.3) is 0 Å². The van der Waals surface area contributed by atoms with Gasteiger partial charge in [-0.25, -0.2) is 0 Å². The van der Waals surface area contributed by atoms with Crippen LogP contribution in [0, 0.1) is 0 Å². The third kappa shape index (κ3) is 4.22. The summed E-state index contributed by atoms with van der Waals surface area (Å²) in [6.45, 7) is 11.6. The van der Waals surface area contributed by atoms with Crippen LogP contribution in [0.4, 0.5) is 5.69 Å². The summed E-state index contributed by atoms with van der Waals surface area (Å²) in [5.74, 6) is 0. The predicted molar refractivity (Wildman–Crippen MR) is 89.8 cm³/mol. The minimum absolute atomic E-state index is 0.511. The van der Waals surface area contributed by atoms with Crippen LogP contribution in [0.1, 0.15) is 27.7 Å². The van der Waals surface area contributed by atoms with Gasteiger partial charge in [0.2, 0.25) is 0 Å². The molecule has 0 saturated carbocycles. The van der Waals surface area contributed by atoms with E-state index in [9.17, 15) is 5.11 Å². The molecule has 0 amide bonds. The molecule has 1 saturated heterocycles. The van der Waals surface area contributed by atoms with Crippen LogP contribution < -0.4 is 15.7 Å². The van der Waals surface area contributed by atoms with Crippen molar-refractivity contribution in [3.8, 4) is 0 Å². The summed E-state index contributed by atoms with van der Waals surface area (Å²) in [5, 5.41) is 13.5. The summed E-state index contributed by atoms with van der Waals surface area (Å²) < 4.78 is 5.94.